The topological polar surface area (TPSA) is 38.7 Å². The third-order valence-electron chi connectivity index (χ3n) is 3.82. The maximum absolute atomic E-state index is 10.5. The van der Waals surface area contributed by atoms with Crippen LogP contribution in [-0.4, -0.2) is 18.3 Å². The second kappa shape index (κ2) is 4.42. The zero-order valence-electron chi connectivity index (χ0n) is 11.4. The van der Waals surface area contributed by atoms with Gasteiger partial charge in [-0.3, -0.25) is 0 Å². The highest BCUT2D eigenvalue weighted by Crippen LogP contribution is 2.46. The Morgan fingerprint density at radius 1 is 1.21 bits per heavy atom. The fraction of sp³-hybridized carbons (Fsp3) is 0.375. The number of hydrogen-bond donors (Lipinski definition) is 1. The highest BCUT2D eigenvalue weighted by Gasteiger charge is 2.30. The first kappa shape index (κ1) is 12.3. The first-order valence-corrected chi connectivity index (χ1v) is 6.59. The van der Waals surface area contributed by atoms with Gasteiger partial charge in [0.1, 0.15) is 11.5 Å². The van der Waals surface area contributed by atoms with Crippen molar-refractivity contribution in [2.75, 3.05) is 7.11 Å². The predicted octanol–water partition coefficient (Wildman–Crippen LogP) is 3.58. The monoisotopic (exact) mass is 258 g/mol. The SMILES string of the molecule is COc1c2c(c(O)c3ccccc13)C[C@@H](C)O[C@@H]2C. The van der Waals surface area contributed by atoms with Crippen LogP contribution in [0.5, 0.6) is 11.5 Å². The lowest BCUT2D eigenvalue weighted by molar-refractivity contribution is -0.00647. The van der Waals surface area contributed by atoms with Crippen molar-refractivity contribution in [3.05, 3.63) is 35.4 Å². The summed E-state index contributed by atoms with van der Waals surface area (Å²) in [5.41, 5.74) is 1.94. The van der Waals surface area contributed by atoms with Crippen molar-refractivity contribution in [3.63, 3.8) is 0 Å². The van der Waals surface area contributed by atoms with Gasteiger partial charge < -0.3 is 14.6 Å². The van der Waals surface area contributed by atoms with E-state index in [9.17, 15) is 5.11 Å². The van der Waals surface area contributed by atoms with Gasteiger partial charge in [0.15, 0.2) is 0 Å². The minimum absolute atomic E-state index is 0.0655. The van der Waals surface area contributed by atoms with Gasteiger partial charge in [-0.1, -0.05) is 24.3 Å². The van der Waals surface area contributed by atoms with Gasteiger partial charge in [0.2, 0.25) is 0 Å². The molecular formula is C16H18O3. The molecule has 2 atom stereocenters. The Morgan fingerprint density at radius 2 is 1.89 bits per heavy atom. The van der Waals surface area contributed by atoms with Gasteiger partial charge in [-0.15, -0.1) is 0 Å². The fourth-order valence-electron chi connectivity index (χ4n) is 3.07. The van der Waals surface area contributed by atoms with Crippen LogP contribution >= 0.6 is 0 Å². The fourth-order valence-corrected chi connectivity index (χ4v) is 3.07. The molecule has 100 valence electrons. The van der Waals surface area contributed by atoms with E-state index >= 15 is 0 Å². The van der Waals surface area contributed by atoms with E-state index in [-0.39, 0.29) is 12.2 Å². The van der Waals surface area contributed by atoms with E-state index in [1.54, 1.807) is 7.11 Å². The maximum Gasteiger partial charge on any atom is 0.133 e. The highest BCUT2D eigenvalue weighted by molar-refractivity contribution is 5.96. The summed E-state index contributed by atoms with van der Waals surface area (Å²) >= 11 is 0. The first-order valence-electron chi connectivity index (χ1n) is 6.59. The summed E-state index contributed by atoms with van der Waals surface area (Å²) in [5.74, 6) is 1.19. The minimum Gasteiger partial charge on any atom is -0.507 e. The van der Waals surface area contributed by atoms with Gasteiger partial charge in [-0.25, -0.2) is 0 Å². The van der Waals surface area contributed by atoms with Crippen molar-refractivity contribution >= 4 is 10.8 Å². The summed E-state index contributed by atoms with van der Waals surface area (Å²) in [6.45, 7) is 4.03. The number of rotatable bonds is 1. The molecule has 0 saturated carbocycles. The van der Waals surface area contributed by atoms with Gasteiger partial charge in [0.05, 0.1) is 19.3 Å². The summed E-state index contributed by atoms with van der Waals surface area (Å²) in [7, 11) is 1.67. The zero-order chi connectivity index (χ0) is 13.6. The summed E-state index contributed by atoms with van der Waals surface area (Å²) in [6, 6.07) is 7.78. The highest BCUT2D eigenvalue weighted by atomic mass is 16.5. The molecular weight excluding hydrogens is 240 g/mol. The van der Waals surface area contributed by atoms with E-state index in [0.29, 0.717) is 12.2 Å². The second-order valence-corrected chi connectivity index (χ2v) is 5.11. The molecule has 1 N–H and O–H groups in total. The Labute approximate surface area is 112 Å². The quantitative estimate of drug-likeness (QED) is 0.849. The molecule has 1 heterocycles. The van der Waals surface area contributed by atoms with Crippen LogP contribution in [0.1, 0.15) is 31.1 Å². The van der Waals surface area contributed by atoms with Crippen molar-refractivity contribution in [2.45, 2.75) is 32.5 Å². The summed E-state index contributed by atoms with van der Waals surface area (Å²) in [5, 5.41) is 12.3. The second-order valence-electron chi connectivity index (χ2n) is 5.11. The van der Waals surface area contributed by atoms with E-state index < -0.39 is 0 Å². The van der Waals surface area contributed by atoms with E-state index in [2.05, 4.69) is 0 Å². The molecule has 2 aromatic carbocycles. The summed E-state index contributed by atoms with van der Waals surface area (Å²) in [6.07, 6.45) is 0.760. The average Bonchev–Trinajstić information content (AvgIpc) is 2.40. The number of methoxy groups -OCH3 is 1. The smallest absolute Gasteiger partial charge is 0.133 e. The zero-order valence-corrected chi connectivity index (χ0v) is 11.4. The lowest BCUT2D eigenvalue weighted by Crippen LogP contribution is -2.23. The van der Waals surface area contributed by atoms with Crippen molar-refractivity contribution in [2.24, 2.45) is 0 Å². The van der Waals surface area contributed by atoms with Gasteiger partial charge in [-0.2, -0.15) is 0 Å². The number of phenolic OH excluding ortho intramolecular Hbond substituents is 1. The van der Waals surface area contributed by atoms with Crippen LogP contribution in [0.4, 0.5) is 0 Å². The van der Waals surface area contributed by atoms with Crippen LogP contribution in [0, 0.1) is 0 Å². The molecule has 0 bridgehead atoms. The van der Waals surface area contributed by atoms with Crippen LogP contribution < -0.4 is 4.74 Å². The number of ether oxygens (including phenoxy) is 2. The van der Waals surface area contributed by atoms with Crippen molar-refractivity contribution < 1.29 is 14.6 Å². The van der Waals surface area contributed by atoms with Crippen LogP contribution in [0.15, 0.2) is 24.3 Å². The lowest BCUT2D eigenvalue weighted by Gasteiger charge is -2.31. The number of aromatic hydroxyl groups is 1. The first-order chi connectivity index (χ1) is 9.13. The standard InChI is InChI=1S/C16H18O3/c1-9-8-13-14(10(2)19-9)16(18-3)12-7-5-4-6-11(12)15(13)17/h4-7,9-10,17H,8H2,1-3H3/t9-,10-/m1/s1. The van der Waals surface area contributed by atoms with E-state index in [4.69, 9.17) is 9.47 Å². The molecule has 3 nitrogen and oxygen atoms in total. The van der Waals surface area contributed by atoms with Crippen LogP contribution in [0.3, 0.4) is 0 Å². The number of phenols is 1. The van der Waals surface area contributed by atoms with Crippen LogP contribution in [0.2, 0.25) is 0 Å². The van der Waals surface area contributed by atoms with E-state index in [0.717, 1.165) is 27.6 Å². The Kier molecular flexibility index (Phi) is 2.86. The molecule has 3 rings (SSSR count). The maximum atomic E-state index is 10.5. The Morgan fingerprint density at radius 3 is 2.58 bits per heavy atom. The molecule has 0 aromatic heterocycles. The normalized spacial score (nSPS) is 22.3. The molecule has 0 fully saturated rings. The van der Waals surface area contributed by atoms with E-state index in [1.165, 1.54) is 0 Å². The van der Waals surface area contributed by atoms with Gasteiger partial charge in [0, 0.05) is 28.3 Å². The molecule has 0 radical (unpaired) electrons. The third kappa shape index (κ3) is 1.77. The molecule has 0 aliphatic carbocycles. The van der Waals surface area contributed by atoms with Crippen molar-refractivity contribution in [1.29, 1.82) is 0 Å². The minimum atomic E-state index is -0.0655. The molecule has 0 saturated heterocycles. The predicted molar refractivity (Wildman–Crippen MR) is 74.8 cm³/mol. The Balaban J connectivity index is 2.41. The van der Waals surface area contributed by atoms with Crippen molar-refractivity contribution in [3.8, 4) is 11.5 Å². The molecule has 0 amide bonds. The Hall–Kier alpha value is -1.74. The van der Waals surface area contributed by atoms with Crippen LogP contribution in [0.25, 0.3) is 10.8 Å². The molecule has 1 aliphatic rings. The van der Waals surface area contributed by atoms with Crippen LogP contribution in [-0.2, 0) is 11.2 Å². The molecule has 3 heteroatoms. The average molecular weight is 258 g/mol. The number of fused-ring (bicyclic) bond motifs is 2. The summed E-state index contributed by atoms with van der Waals surface area (Å²) < 4.78 is 11.5. The van der Waals surface area contributed by atoms with Gasteiger partial charge in [0.25, 0.3) is 0 Å². The molecule has 1 aliphatic heterocycles. The molecule has 0 unspecified atom stereocenters. The molecule has 0 spiro atoms. The molecule has 2 aromatic rings. The number of hydrogen-bond acceptors (Lipinski definition) is 3. The Bertz CT molecular complexity index is 633. The number of benzene rings is 2. The van der Waals surface area contributed by atoms with Crippen molar-refractivity contribution in [1.82, 2.24) is 0 Å². The molecule has 19 heavy (non-hydrogen) atoms. The van der Waals surface area contributed by atoms with E-state index in [1.807, 2.05) is 38.1 Å². The third-order valence-corrected chi connectivity index (χ3v) is 3.82. The van der Waals surface area contributed by atoms with Gasteiger partial charge >= 0.3 is 0 Å². The van der Waals surface area contributed by atoms with Gasteiger partial charge in [-0.05, 0) is 13.8 Å². The summed E-state index contributed by atoms with van der Waals surface area (Å²) in [4.78, 5) is 0. The lowest BCUT2D eigenvalue weighted by atomic mass is 9.89. The largest absolute Gasteiger partial charge is 0.507 e.